The Kier molecular flexibility index (Phi) is 5.17. The van der Waals surface area contributed by atoms with Gasteiger partial charge in [0.15, 0.2) is 0 Å². The number of rotatable bonds is 2. The lowest BCUT2D eigenvalue weighted by atomic mass is 10.1. The molecule has 4 nitrogen and oxygen atoms in total. The average Bonchev–Trinajstić information content (AvgIpc) is 2.68. The third-order valence-corrected chi connectivity index (χ3v) is 5.54. The van der Waals surface area contributed by atoms with Gasteiger partial charge in [0, 0.05) is 34.4 Å². The zero-order chi connectivity index (χ0) is 15.6. The Morgan fingerprint density at radius 1 is 1.14 bits per heavy atom. The fourth-order valence-electron chi connectivity index (χ4n) is 2.49. The molecule has 1 fully saturated rings. The highest BCUT2D eigenvalue weighted by atomic mass is 35.7. The molecule has 21 heavy (non-hydrogen) atoms. The Labute approximate surface area is 134 Å². The molecule has 2 rings (SSSR count). The fourth-order valence-corrected chi connectivity index (χ4v) is 3.99. The first-order chi connectivity index (χ1) is 9.80. The van der Waals surface area contributed by atoms with E-state index in [4.69, 9.17) is 22.3 Å². The first kappa shape index (κ1) is 16.6. The van der Waals surface area contributed by atoms with Gasteiger partial charge >= 0.3 is 0 Å². The maximum absolute atomic E-state index is 12.5. The second kappa shape index (κ2) is 6.55. The Balaban J connectivity index is 2.39. The van der Waals surface area contributed by atoms with E-state index in [1.54, 1.807) is 11.8 Å². The summed E-state index contributed by atoms with van der Waals surface area (Å²) in [4.78, 5) is 14.2. The smallest absolute Gasteiger partial charge is 0.261 e. The molecule has 0 aromatic heterocycles. The number of benzene rings is 1. The van der Waals surface area contributed by atoms with Crippen molar-refractivity contribution in [2.75, 3.05) is 13.1 Å². The van der Waals surface area contributed by atoms with Crippen LogP contribution in [0.15, 0.2) is 17.0 Å². The Hall–Kier alpha value is -0.780. The van der Waals surface area contributed by atoms with Crippen LogP contribution < -0.4 is 0 Å². The summed E-state index contributed by atoms with van der Waals surface area (Å²) in [5.41, 5.74) is 0.630. The molecule has 0 unspecified atom stereocenters. The number of nitrogens with zero attached hydrogens (tertiary/aromatic N) is 1. The second-order valence-corrected chi connectivity index (χ2v) is 8.17. The summed E-state index contributed by atoms with van der Waals surface area (Å²) < 4.78 is 23.2. The molecule has 0 atom stereocenters. The van der Waals surface area contributed by atoms with Gasteiger partial charge in [-0.05, 0) is 37.5 Å². The maximum Gasteiger partial charge on any atom is 0.261 e. The van der Waals surface area contributed by atoms with Crippen LogP contribution in [0.4, 0.5) is 0 Å². The third kappa shape index (κ3) is 3.90. The van der Waals surface area contributed by atoms with Crippen molar-refractivity contribution in [1.82, 2.24) is 4.90 Å². The molecule has 1 saturated heterocycles. The summed E-state index contributed by atoms with van der Waals surface area (Å²) in [5, 5.41) is 0.231. The van der Waals surface area contributed by atoms with E-state index < -0.39 is 9.05 Å². The molecule has 1 amide bonds. The van der Waals surface area contributed by atoms with Gasteiger partial charge in [0.25, 0.3) is 15.0 Å². The Morgan fingerprint density at radius 3 is 2.24 bits per heavy atom. The van der Waals surface area contributed by atoms with Crippen molar-refractivity contribution in [1.29, 1.82) is 0 Å². The number of carbonyl (C=O) groups is 1. The van der Waals surface area contributed by atoms with E-state index in [0.717, 1.165) is 25.7 Å². The zero-order valence-electron chi connectivity index (χ0n) is 11.7. The van der Waals surface area contributed by atoms with Gasteiger partial charge < -0.3 is 4.90 Å². The summed E-state index contributed by atoms with van der Waals surface area (Å²) >= 11 is 6.05. The fraction of sp³-hybridized carbons (Fsp3) is 0.500. The van der Waals surface area contributed by atoms with Crippen LogP contribution in [0.3, 0.4) is 0 Å². The number of likely N-dealkylation sites (tertiary alicyclic amines) is 1. The van der Waals surface area contributed by atoms with E-state index in [1.807, 2.05) is 0 Å². The van der Waals surface area contributed by atoms with Crippen LogP contribution in [-0.2, 0) is 9.05 Å². The van der Waals surface area contributed by atoms with Crippen LogP contribution in [0.1, 0.15) is 41.6 Å². The van der Waals surface area contributed by atoms with Gasteiger partial charge in [-0.1, -0.05) is 24.4 Å². The summed E-state index contributed by atoms with van der Waals surface area (Å²) in [7, 11) is 1.48. The first-order valence-electron chi connectivity index (χ1n) is 6.85. The minimum Gasteiger partial charge on any atom is -0.339 e. The first-order valence-corrected chi connectivity index (χ1v) is 9.53. The van der Waals surface area contributed by atoms with E-state index in [-0.39, 0.29) is 21.4 Å². The van der Waals surface area contributed by atoms with Crippen LogP contribution in [0.25, 0.3) is 0 Å². The Morgan fingerprint density at radius 2 is 1.71 bits per heavy atom. The lowest BCUT2D eigenvalue weighted by molar-refractivity contribution is 0.0761. The molecular formula is C14H17Cl2NO3S. The molecule has 1 aromatic rings. The van der Waals surface area contributed by atoms with Crippen molar-refractivity contribution < 1.29 is 13.2 Å². The van der Waals surface area contributed by atoms with Gasteiger partial charge in [-0.15, -0.1) is 0 Å². The van der Waals surface area contributed by atoms with Gasteiger partial charge in [0.1, 0.15) is 0 Å². The molecule has 0 spiro atoms. The number of halogens is 2. The van der Waals surface area contributed by atoms with E-state index in [2.05, 4.69) is 0 Å². The van der Waals surface area contributed by atoms with Crippen LogP contribution in [-0.4, -0.2) is 32.3 Å². The average molecular weight is 350 g/mol. The lowest BCUT2D eigenvalue weighted by Gasteiger charge is -2.21. The highest BCUT2D eigenvalue weighted by molar-refractivity contribution is 8.13. The Bertz CT molecular complexity index is 650. The van der Waals surface area contributed by atoms with Crippen molar-refractivity contribution in [2.24, 2.45) is 0 Å². The standard InChI is InChI=1S/C14H17Cl2NO3S/c1-10-12(15)8-11(9-13(10)21(16,19)20)14(18)17-6-4-2-3-5-7-17/h8-9H,2-7H2,1H3. The third-order valence-electron chi connectivity index (χ3n) is 3.70. The minimum atomic E-state index is -3.93. The zero-order valence-corrected chi connectivity index (χ0v) is 14.1. The molecule has 116 valence electrons. The molecule has 1 aliphatic rings. The largest absolute Gasteiger partial charge is 0.339 e. The van der Waals surface area contributed by atoms with Crippen molar-refractivity contribution in [3.63, 3.8) is 0 Å². The molecule has 0 aliphatic carbocycles. The second-order valence-electron chi connectivity index (χ2n) is 5.23. The van der Waals surface area contributed by atoms with Crippen molar-refractivity contribution >= 4 is 37.2 Å². The molecule has 0 bridgehead atoms. The highest BCUT2D eigenvalue weighted by Gasteiger charge is 2.22. The van der Waals surface area contributed by atoms with E-state index in [9.17, 15) is 13.2 Å². The number of amides is 1. The lowest BCUT2D eigenvalue weighted by Crippen LogP contribution is -2.32. The van der Waals surface area contributed by atoms with Gasteiger partial charge in [-0.25, -0.2) is 8.42 Å². The summed E-state index contributed by atoms with van der Waals surface area (Å²) in [6.07, 6.45) is 4.15. The highest BCUT2D eigenvalue weighted by Crippen LogP contribution is 2.28. The van der Waals surface area contributed by atoms with E-state index in [0.29, 0.717) is 18.7 Å². The number of hydrogen-bond acceptors (Lipinski definition) is 3. The molecular weight excluding hydrogens is 333 g/mol. The normalized spacial score (nSPS) is 16.6. The topological polar surface area (TPSA) is 54.5 Å². The monoisotopic (exact) mass is 349 g/mol. The minimum absolute atomic E-state index is 0.102. The van der Waals surface area contributed by atoms with Crippen LogP contribution >= 0.6 is 22.3 Å². The summed E-state index contributed by atoms with van der Waals surface area (Å²) in [5.74, 6) is -0.194. The van der Waals surface area contributed by atoms with Gasteiger partial charge in [-0.2, -0.15) is 0 Å². The van der Waals surface area contributed by atoms with Gasteiger partial charge in [0.2, 0.25) is 0 Å². The quantitative estimate of drug-likeness (QED) is 0.766. The molecule has 1 aromatic carbocycles. The molecule has 1 aliphatic heterocycles. The maximum atomic E-state index is 12.5. The van der Waals surface area contributed by atoms with E-state index >= 15 is 0 Å². The van der Waals surface area contributed by atoms with Gasteiger partial charge in [0.05, 0.1) is 4.90 Å². The van der Waals surface area contributed by atoms with Gasteiger partial charge in [-0.3, -0.25) is 4.79 Å². The van der Waals surface area contributed by atoms with Crippen molar-refractivity contribution in [3.05, 3.63) is 28.3 Å². The summed E-state index contributed by atoms with van der Waals surface area (Å²) in [6, 6.07) is 2.83. The summed E-state index contributed by atoms with van der Waals surface area (Å²) in [6.45, 7) is 2.94. The molecule has 0 N–H and O–H groups in total. The predicted octanol–water partition coefficient (Wildman–Crippen LogP) is 3.59. The molecule has 1 heterocycles. The van der Waals surface area contributed by atoms with Crippen molar-refractivity contribution in [2.45, 2.75) is 37.5 Å². The number of carbonyl (C=O) groups excluding carboxylic acids is 1. The molecule has 0 saturated carbocycles. The van der Waals surface area contributed by atoms with Crippen molar-refractivity contribution in [3.8, 4) is 0 Å². The molecule has 0 radical (unpaired) electrons. The molecule has 7 heteroatoms. The van der Waals surface area contributed by atoms with Crippen LogP contribution in [0.2, 0.25) is 5.02 Å². The van der Waals surface area contributed by atoms with Crippen LogP contribution in [0, 0.1) is 6.92 Å². The predicted molar refractivity (Wildman–Crippen MR) is 83.6 cm³/mol. The SMILES string of the molecule is Cc1c(Cl)cc(C(=O)N2CCCCCC2)cc1S(=O)(=O)Cl. The van der Waals surface area contributed by atoms with Crippen LogP contribution in [0.5, 0.6) is 0 Å². The van der Waals surface area contributed by atoms with E-state index in [1.165, 1.54) is 12.1 Å². The number of hydrogen-bond donors (Lipinski definition) is 0.